The second kappa shape index (κ2) is 6.86. The van der Waals surface area contributed by atoms with E-state index in [0.29, 0.717) is 13.0 Å². The maximum atomic E-state index is 12.8. The third-order valence-electron chi connectivity index (χ3n) is 4.97. The first-order chi connectivity index (χ1) is 12.2. The zero-order valence-electron chi connectivity index (χ0n) is 14.4. The average molecular weight is 337 g/mol. The molecule has 1 amide bonds. The monoisotopic (exact) mass is 337 g/mol. The highest BCUT2D eigenvalue weighted by Crippen LogP contribution is 2.26. The summed E-state index contributed by atoms with van der Waals surface area (Å²) in [6, 6.07) is 14.1. The van der Waals surface area contributed by atoms with Crippen LogP contribution in [0.5, 0.6) is 0 Å². The van der Waals surface area contributed by atoms with Crippen LogP contribution in [0.2, 0.25) is 0 Å². The second-order valence-electron chi connectivity index (χ2n) is 6.71. The summed E-state index contributed by atoms with van der Waals surface area (Å²) in [7, 11) is 0. The molecule has 1 aromatic carbocycles. The zero-order chi connectivity index (χ0) is 17.2. The van der Waals surface area contributed by atoms with Gasteiger partial charge in [-0.15, -0.1) is 0 Å². The molecule has 0 bridgehead atoms. The number of amides is 1. The van der Waals surface area contributed by atoms with Gasteiger partial charge in [0.25, 0.3) is 0 Å². The number of nitrogens with zero attached hydrogens (tertiary/aromatic N) is 1. The Morgan fingerprint density at radius 1 is 1.16 bits per heavy atom. The van der Waals surface area contributed by atoms with Crippen molar-refractivity contribution in [2.75, 3.05) is 13.1 Å². The van der Waals surface area contributed by atoms with Gasteiger partial charge in [0.1, 0.15) is 17.6 Å². The lowest BCUT2D eigenvalue weighted by Crippen LogP contribution is -2.46. The molecule has 25 heavy (non-hydrogen) atoms. The number of hydrazine groups is 1. The maximum absolute atomic E-state index is 12.8. The maximum Gasteiger partial charge on any atom is 0.241 e. The van der Waals surface area contributed by atoms with Gasteiger partial charge in [-0.05, 0) is 43.0 Å². The van der Waals surface area contributed by atoms with Gasteiger partial charge in [-0.1, -0.05) is 36.4 Å². The number of rotatable bonds is 3. The van der Waals surface area contributed by atoms with Crippen LogP contribution in [-0.4, -0.2) is 29.9 Å². The minimum Gasteiger partial charge on any atom is -0.465 e. The van der Waals surface area contributed by atoms with Gasteiger partial charge in [-0.2, -0.15) is 0 Å². The summed E-state index contributed by atoms with van der Waals surface area (Å²) in [6.07, 6.45) is 3.78. The second-order valence-corrected chi connectivity index (χ2v) is 6.71. The van der Waals surface area contributed by atoms with Gasteiger partial charge in [0.15, 0.2) is 0 Å². The van der Waals surface area contributed by atoms with Crippen molar-refractivity contribution in [1.82, 2.24) is 15.8 Å². The van der Waals surface area contributed by atoms with Crippen molar-refractivity contribution in [1.29, 1.82) is 0 Å². The Kier molecular flexibility index (Phi) is 4.42. The molecule has 5 heteroatoms. The number of benzene rings is 1. The molecule has 2 aliphatic heterocycles. The molecular weight excluding hydrogens is 314 g/mol. The number of carbonyl (C=O) groups is 1. The van der Waals surface area contributed by atoms with Crippen LogP contribution in [0.1, 0.15) is 36.0 Å². The fourth-order valence-electron chi connectivity index (χ4n) is 3.55. The summed E-state index contributed by atoms with van der Waals surface area (Å²) in [5, 5.41) is 0. The Morgan fingerprint density at radius 3 is 2.68 bits per heavy atom. The van der Waals surface area contributed by atoms with Crippen molar-refractivity contribution in [2.24, 2.45) is 0 Å². The van der Waals surface area contributed by atoms with E-state index >= 15 is 0 Å². The quantitative estimate of drug-likeness (QED) is 0.904. The summed E-state index contributed by atoms with van der Waals surface area (Å²) in [4.78, 5) is 14.7. The molecule has 2 aliphatic rings. The highest BCUT2D eigenvalue weighted by Gasteiger charge is 2.34. The molecule has 1 fully saturated rings. The molecule has 2 aromatic rings. The molecule has 0 radical (unpaired) electrons. The van der Waals surface area contributed by atoms with Crippen molar-refractivity contribution >= 4 is 11.5 Å². The fourth-order valence-corrected chi connectivity index (χ4v) is 3.55. The number of hydrogen-bond acceptors (Lipinski definition) is 4. The van der Waals surface area contributed by atoms with Crippen molar-refractivity contribution in [2.45, 2.75) is 31.8 Å². The normalized spacial score (nSPS) is 23.6. The Bertz CT molecular complexity index is 781. The molecule has 0 aliphatic carbocycles. The average Bonchev–Trinajstić information content (AvgIpc) is 3.31. The molecule has 4 rings (SSSR count). The topological polar surface area (TPSA) is 57.5 Å². The van der Waals surface area contributed by atoms with Crippen LogP contribution in [-0.2, 0) is 4.79 Å². The van der Waals surface area contributed by atoms with E-state index in [-0.39, 0.29) is 18.0 Å². The number of hydrogen-bond donors (Lipinski definition) is 2. The zero-order valence-corrected chi connectivity index (χ0v) is 14.4. The SMILES string of the molecule is Cc1ccc(C2CC(C(=O)N3CC=C(c4ccccc4)CC3)NN2)o1. The molecule has 2 unspecified atom stereocenters. The van der Waals surface area contributed by atoms with Crippen LogP contribution in [0.4, 0.5) is 0 Å². The third-order valence-corrected chi connectivity index (χ3v) is 4.97. The van der Waals surface area contributed by atoms with Crippen LogP contribution in [0, 0.1) is 6.92 Å². The van der Waals surface area contributed by atoms with E-state index in [1.807, 2.05) is 30.0 Å². The van der Waals surface area contributed by atoms with Crippen molar-refractivity contribution < 1.29 is 9.21 Å². The third kappa shape index (κ3) is 3.38. The van der Waals surface area contributed by atoms with Gasteiger partial charge in [-0.25, -0.2) is 10.9 Å². The largest absolute Gasteiger partial charge is 0.465 e. The summed E-state index contributed by atoms with van der Waals surface area (Å²) in [5.74, 6) is 1.92. The molecule has 2 N–H and O–H groups in total. The van der Waals surface area contributed by atoms with Crippen molar-refractivity contribution in [3.8, 4) is 0 Å². The predicted molar refractivity (Wildman–Crippen MR) is 96.5 cm³/mol. The Morgan fingerprint density at radius 2 is 2.00 bits per heavy atom. The standard InChI is InChI=1S/C20H23N3O2/c1-14-7-8-19(25-14)17-13-18(22-21-17)20(24)23-11-9-16(10-12-23)15-5-3-2-4-6-15/h2-9,17-18,21-22H,10-13H2,1H3. The number of aryl methyl sites for hydroxylation is 1. The van der Waals surface area contributed by atoms with Gasteiger partial charge in [0.2, 0.25) is 5.91 Å². The lowest BCUT2D eigenvalue weighted by atomic mass is 9.99. The highest BCUT2D eigenvalue weighted by molar-refractivity contribution is 5.83. The first-order valence-electron chi connectivity index (χ1n) is 8.81. The van der Waals surface area contributed by atoms with Crippen LogP contribution in [0.25, 0.3) is 5.57 Å². The van der Waals surface area contributed by atoms with E-state index in [1.54, 1.807) is 0 Å². The molecule has 5 nitrogen and oxygen atoms in total. The number of furan rings is 1. The summed E-state index contributed by atoms with van der Waals surface area (Å²) in [6.45, 7) is 3.37. The van der Waals surface area contributed by atoms with E-state index in [1.165, 1.54) is 11.1 Å². The van der Waals surface area contributed by atoms with Gasteiger partial charge in [0.05, 0.1) is 6.04 Å². The van der Waals surface area contributed by atoms with Gasteiger partial charge in [0, 0.05) is 13.1 Å². The van der Waals surface area contributed by atoms with Gasteiger partial charge < -0.3 is 9.32 Å². The summed E-state index contributed by atoms with van der Waals surface area (Å²) >= 11 is 0. The van der Waals surface area contributed by atoms with Crippen molar-refractivity contribution in [3.05, 3.63) is 65.6 Å². The number of carbonyl (C=O) groups excluding carboxylic acids is 1. The van der Waals surface area contributed by atoms with E-state index in [9.17, 15) is 4.79 Å². The fraction of sp³-hybridized carbons (Fsp3) is 0.350. The minimum atomic E-state index is -0.206. The minimum absolute atomic E-state index is 0.0443. The predicted octanol–water partition coefficient (Wildman–Crippen LogP) is 2.81. The lowest BCUT2D eigenvalue weighted by Gasteiger charge is -2.28. The smallest absolute Gasteiger partial charge is 0.241 e. The van der Waals surface area contributed by atoms with Crippen LogP contribution >= 0.6 is 0 Å². The van der Waals surface area contributed by atoms with Crippen LogP contribution in [0.15, 0.2) is 53.0 Å². The van der Waals surface area contributed by atoms with E-state index < -0.39 is 0 Å². The molecule has 0 spiro atoms. The van der Waals surface area contributed by atoms with E-state index in [2.05, 4.69) is 41.2 Å². The molecule has 1 saturated heterocycles. The number of nitrogens with one attached hydrogen (secondary N) is 2. The Balaban J connectivity index is 1.37. The molecule has 130 valence electrons. The van der Waals surface area contributed by atoms with Crippen LogP contribution in [0.3, 0.4) is 0 Å². The summed E-state index contributed by atoms with van der Waals surface area (Å²) in [5.41, 5.74) is 8.90. The molecule has 0 saturated carbocycles. The first kappa shape index (κ1) is 16.1. The lowest BCUT2D eigenvalue weighted by molar-refractivity contribution is -0.132. The molecule has 3 heterocycles. The van der Waals surface area contributed by atoms with E-state index in [4.69, 9.17) is 4.42 Å². The first-order valence-corrected chi connectivity index (χ1v) is 8.81. The van der Waals surface area contributed by atoms with Crippen LogP contribution < -0.4 is 10.9 Å². The van der Waals surface area contributed by atoms with Crippen molar-refractivity contribution in [3.63, 3.8) is 0 Å². The molecule has 1 aromatic heterocycles. The Labute approximate surface area is 147 Å². The summed E-state index contributed by atoms with van der Waals surface area (Å²) < 4.78 is 5.67. The molecular formula is C20H23N3O2. The van der Waals surface area contributed by atoms with E-state index in [0.717, 1.165) is 24.5 Å². The Hall–Kier alpha value is -2.37. The molecule has 2 atom stereocenters. The van der Waals surface area contributed by atoms with Gasteiger partial charge >= 0.3 is 0 Å². The van der Waals surface area contributed by atoms with Gasteiger partial charge in [-0.3, -0.25) is 4.79 Å². The highest BCUT2D eigenvalue weighted by atomic mass is 16.3.